The van der Waals surface area contributed by atoms with Crippen molar-refractivity contribution < 1.29 is 24.0 Å². The Hall–Kier alpha value is -17.5. The van der Waals surface area contributed by atoms with Crippen molar-refractivity contribution >= 4 is 170 Å². The number of fused-ring (bicyclic) bond motifs is 5. The maximum Gasteiger partial charge on any atom is 0.228 e. The number of rotatable bonds is 30. The van der Waals surface area contributed by atoms with E-state index in [0.29, 0.717) is 125 Å². The third-order valence-corrected chi connectivity index (χ3v) is 27.3. The summed E-state index contributed by atoms with van der Waals surface area (Å²) in [5.41, 5.74) is 21.0. The largest absolute Gasteiger partial charge is 0.367 e. The van der Waals surface area contributed by atoms with Gasteiger partial charge in [0.2, 0.25) is 29.5 Å². The second kappa shape index (κ2) is 43.3. The molecule has 37 heteroatoms. The average Bonchev–Trinajstić information content (AvgIpc) is 1.63. The number of carbonyl (C=O) groups is 5. The molecule has 1 unspecified atom stereocenters. The van der Waals surface area contributed by atoms with E-state index in [-0.39, 0.29) is 47.7 Å². The number of nitrogens with one attached hydrogen (secondary N) is 15. The highest BCUT2D eigenvalue weighted by atomic mass is 35.5. The molecule has 10 aliphatic rings. The zero-order valence-electron chi connectivity index (χ0n) is 83.1. The van der Waals surface area contributed by atoms with Gasteiger partial charge in [-0.05, 0) is 189 Å². The SMILES string of the molecule is C=C1NC(=O)C/C1=C\c1cnn2c(NC3CC3)cc(NC(C)c3ccccc3)nc12.C=C1NC(=O)C/C1=C\c1cnn2c(NC3CC3)cc(NCc3cccc(Cl)c3)nc12.C=C1NC(=O)C/C1=C\c1cnn2c(NC3CC3)cc(NCc3ccccc3Cl)nc12.C=C1NC(=O)C/C1=C\c1cnn2c(NC3CC3)cc(N[C@@H](C)c3ccccc3)nc12.C=C1NC(=O)C/C1=C\c1cnn2c(NC3CC3)cc(N[C@H](C)c3ccccc3)nc12. The van der Waals surface area contributed by atoms with Crippen molar-refractivity contribution in [2.45, 2.75) is 179 Å². The van der Waals surface area contributed by atoms with Crippen LogP contribution < -0.4 is 79.8 Å². The smallest absolute Gasteiger partial charge is 0.228 e. The van der Waals surface area contributed by atoms with E-state index >= 15 is 0 Å². The van der Waals surface area contributed by atoms with Gasteiger partial charge in [0.15, 0.2) is 28.2 Å². The summed E-state index contributed by atoms with van der Waals surface area (Å²) in [6, 6.07) is 59.0. The molecule has 10 fully saturated rings. The molecule has 3 atom stereocenters. The Labute approximate surface area is 875 Å². The fourth-order valence-corrected chi connectivity index (χ4v) is 18.2. The van der Waals surface area contributed by atoms with Gasteiger partial charge in [-0.2, -0.15) is 48.1 Å². The summed E-state index contributed by atoms with van der Waals surface area (Å²) in [5.74, 6) is 8.11. The Kier molecular flexibility index (Phi) is 28.4. The Bertz CT molecular complexity index is 7590. The van der Waals surface area contributed by atoms with Crippen LogP contribution in [0.1, 0.15) is 191 Å². The first-order valence-corrected chi connectivity index (χ1v) is 51.2. The summed E-state index contributed by atoms with van der Waals surface area (Å²) >= 11 is 12.4. The fourth-order valence-electron chi connectivity index (χ4n) is 17.8. The summed E-state index contributed by atoms with van der Waals surface area (Å²) in [6.45, 7) is 27.1. The Balaban J connectivity index is 0.000000109. The molecule has 5 aromatic carbocycles. The van der Waals surface area contributed by atoms with Crippen LogP contribution in [0.25, 0.3) is 58.6 Å². The van der Waals surface area contributed by atoms with Crippen molar-refractivity contribution in [3.05, 3.63) is 356 Å². The highest BCUT2D eigenvalue weighted by molar-refractivity contribution is 6.31. The Morgan fingerprint density at radius 2 is 0.573 bits per heavy atom. The number of nitrogens with zero attached hydrogens (tertiary/aromatic N) is 15. The van der Waals surface area contributed by atoms with Crippen LogP contribution in [-0.4, -0.2) is 133 Å². The van der Waals surface area contributed by atoms with Crippen LogP contribution in [-0.2, 0) is 37.1 Å². The zero-order chi connectivity index (χ0) is 103. The third kappa shape index (κ3) is 24.1. The number of hydrogen-bond acceptors (Lipinski definition) is 25. The molecule has 10 aromatic heterocycles. The zero-order valence-corrected chi connectivity index (χ0v) is 84.6. The monoisotopic (exact) mass is 2040 g/mol. The van der Waals surface area contributed by atoms with Crippen LogP contribution in [0.4, 0.5) is 58.2 Å². The number of carbonyl (C=O) groups excluding carboxylic acids is 5. The molecule has 15 aromatic rings. The first kappa shape index (κ1) is 98.5. The van der Waals surface area contributed by atoms with Gasteiger partial charge in [0.05, 0.1) is 63.1 Å². The third-order valence-electron chi connectivity index (χ3n) is 26.7. The van der Waals surface area contributed by atoms with Crippen LogP contribution >= 0.6 is 23.2 Å². The molecule has 0 bridgehead atoms. The molecule has 5 saturated heterocycles. The van der Waals surface area contributed by atoms with Gasteiger partial charge in [-0.25, -0.2) is 24.9 Å². The van der Waals surface area contributed by atoms with Gasteiger partial charge in [-0.1, -0.05) is 177 Å². The maximum atomic E-state index is 11.7. The van der Waals surface area contributed by atoms with E-state index in [1.54, 1.807) is 35.5 Å². The number of allylic oxidation sites excluding steroid dienone is 5. The molecule has 0 radical (unpaired) electrons. The lowest BCUT2D eigenvalue weighted by molar-refractivity contribution is -0.119. The summed E-state index contributed by atoms with van der Waals surface area (Å²) in [6.07, 6.45) is 31.8. The Morgan fingerprint density at radius 3 is 0.827 bits per heavy atom. The van der Waals surface area contributed by atoms with Crippen molar-refractivity contribution in [1.82, 2.24) is 99.6 Å². The van der Waals surface area contributed by atoms with E-state index in [4.69, 9.17) is 48.1 Å². The van der Waals surface area contributed by atoms with E-state index in [2.05, 4.69) is 195 Å². The van der Waals surface area contributed by atoms with Gasteiger partial charge in [0.25, 0.3) is 0 Å². The van der Waals surface area contributed by atoms with Crippen LogP contribution in [0.5, 0.6) is 0 Å². The lowest BCUT2D eigenvalue weighted by atomic mass is 10.1. The van der Waals surface area contributed by atoms with E-state index in [1.165, 1.54) is 55.2 Å². The van der Waals surface area contributed by atoms with Crippen molar-refractivity contribution in [3.8, 4) is 0 Å². The van der Waals surface area contributed by atoms with Crippen LogP contribution in [0.2, 0.25) is 10.0 Å². The van der Waals surface area contributed by atoms with Gasteiger partial charge in [0, 0.05) is 158 Å². The van der Waals surface area contributed by atoms with Gasteiger partial charge in [-0.3, -0.25) is 24.0 Å². The van der Waals surface area contributed by atoms with Crippen molar-refractivity contribution in [3.63, 3.8) is 0 Å². The van der Waals surface area contributed by atoms with Gasteiger partial charge in [-0.15, -0.1) is 0 Å². The van der Waals surface area contributed by atoms with Crippen molar-refractivity contribution in [2.24, 2.45) is 0 Å². The second-order valence-corrected chi connectivity index (χ2v) is 39.9. The molecule has 15 heterocycles. The minimum Gasteiger partial charge on any atom is -0.367 e. The molecular weight excluding hydrogens is 1930 g/mol. The van der Waals surface area contributed by atoms with Crippen LogP contribution in [0, 0.1) is 0 Å². The summed E-state index contributed by atoms with van der Waals surface area (Å²) in [5, 5.41) is 72.9. The average molecular weight is 2040 g/mol. The van der Waals surface area contributed by atoms with E-state index < -0.39 is 0 Å². The molecule has 5 aliphatic heterocycles. The lowest BCUT2D eigenvalue weighted by Gasteiger charge is -2.17. The maximum absolute atomic E-state index is 11.7. The van der Waals surface area contributed by atoms with Gasteiger partial charge < -0.3 is 79.8 Å². The van der Waals surface area contributed by atoms with Crippen LogP contribution in [0.15, 0.2) is 290 Å². The van der Waals surface area contributed by atoms with Gasteiger partial charge >= 0.3 is 0 Å². The number of anilines is 10. The second-order valence-electron chi connectivity index (χ2n) is 39.0. The van der Waals surface area contributed by atoms with Crippen molar-refractivity contribution in [1.29, 1.82) is 0 Å². The molecular formula is C113H114Cl2N30O5. The molecule has 760 valence electrons. The number of amides is 5. The lowest BCUT2D eigenvalue weighted by Crippen LogP contribution is -2.12. The number of halogens is 2. The minimum atomic E-state index is -0.0473. The number of benzene rings is 5. The topological polar surface area (TPSA) is 417 Å². The van der Waals surface area contributed by atoms with E-state index in [0.717, 1.165) is 168 Å². The minimum absolute atomic E-state index is 0.0363. The summed E-state index contributed by atoms with van der Waals surface area (Å²) in [7, 11) is 0. The fraction of sp³-hybridized carbons (Fsp3) is 0.248. The standard InChI is InChI=1S/3C23H24N6O.2C22H21ClN6O/c3*1-14(16-6-4-3-5-7-16)25-20-12-21(27-19-8-9-19)29-23(28-20)18(13-24-29)10-17-11-22(30)26-15(17)2;1-13-15(9-21(30)26-13)8-16-12-25-29-20(27-18-5-6-18)10-19(28-22(16)29)24-11-14-3-2-4-17(23)7-14;1-13-15(9-21(30)26-13)8-16-12-25-29-20(27-17-6-7-17)10-19(28-22(16)29)24-11-14-4-2-3-5-18(14)23/h3*3-7,10,12-14,19,27H,2,8-9,11H2,1H3,(H,25,28)(H,26,30);2-4,7-8,10,12,18,27H,1,5-6,9,11H2,(H,24,28)(H,26,30);2-5,8,10,12,17,27H,1,6-7,9,11H2,(H,24,28)(H,26,30)/b3*17-10+;2*15-8+/t2*14-;;;/m10.../s1. The van der Waals surface area contributed by atoms with E-state index in [9.17, 15) is 24.0 Å². The molecule has 150 heavy (non-hydrogen) atoms. The van der Waals surface area contributed by atoms with E-state index in [1.807, 2.05) is 182 Å². The highest BCUT2D eigenvalue weighted by Crippen LogP contribution is 2.39. The Morgan fingerprint density at radius 1 is 0.320 bits per heavy atom. The first-order valence-electron chi connectivity index (χ1n) is 50.5. The quantitative estimate of drug-likeness (QED) is 0.0199. The van der Waals surface area contributed by atoms with Crippen molar-refractivity contribution in [2.75, 3.05) is 53.2 Å². The summed E-state index contributed by atoms with van der Waals surface area (Å²) in [4.78, 5) is 82.5. The normalized spacial score (nSPS) is 18.2. The summed E-state index contributed by atoms with van der Waals surface area (Å²) < 4.78 is 9.10. The molecule has 5 aliphatic carbocycles. The molecule has 0 spiro atoms. The van der Waals surface area contributed by atoms with Gasteiger partial charge in [0.1, 0.15) is 58.2 Å². The molecule has 35 nitrogen and oxygen atoms in total. The number of aromatic nitrogens is 15. The number of hydrogen-bond donors (Lipinski definition) is 15. The molecule has 25 rings (SSSR count). The molecule has 15 N–H and O–H groups in total. The predicted molar refractivity (Wildman–Crippen MR) is 591 cm³/mol. The molecule has 5 saturated carbocycles. The highest BCUT2D eigenvalue weighted by Gasteiger charge is 2.33. The van der Waals surface area contributed by atoms with Crippen LogP contribution in [0.3, 0.4) is 0 Å². The first-order chi connectivity index (χ1) is 72.8. The molecule has 5 amide bonds. The predicted octanol–water partition coefficient (Wildman–Crippen LogP) is 19.7.